The summed E-state index contributed by atoms with van der Waals surface area (Å²) in [5.74, 6) is -0.181. The van der Waals surface area contributed by atoms with Crippen LogP contribution in [0, 0.1) is 5.92 Å². The zero-order chi connectivity index (χ0) is 23.4. The molecule has 1 saturated heterocycles. The van der Waals surface area contributed by atoms with Crippen molar-refractivity contribution in [2.45, 2.75) is 31.2 Å². The summed E-state index contributed by atoms with van der Waals surface area (Å²) in [6.07, 6.45) is 4.83. The molecule has 0 atom stereocenters. The van der Waals surface area contributed by atoms with Gasteiger partial charge in [-0.25, -0.2) is 4.98 Å². The third kappa shape index (κ3) is 5.36. The van der Waals surface area contributed by atoms with Gasteiger partial charge >= 0.3 is 0 Å². The van der Waals surface area contributed by atoms with E-state index in [1.54, 1.807) is 11.8 Å². The predicted molar refractivity (Wildman–Crippen MR) is 132 cm³/mol. The van der Waals surface area contributed by atoms with Crippen molar-refractivity contribution in [1.82, 2.24) is 19.9 Å². The Bertz CT molecular complexity index is 1220. The van der Waals surface area contributed by atoms with E-state index in [9.17, 15) is 14.4 Å². The van der Waals surface area contributed by atoms with Gasteiger partial charge in [0.05, 0.1) is 0 Å². The zero-order valence-electron chi connectivity index (χ0n) is 18.5. The lowest BCUT2D eigenvalue weighted by molar-refractivity contribution is -0.125. The zero-order valence-corrected chi connectivity index (χ0v) is 20.2. The largest absolute Gasteiger partial charge is 0.356 e. The fraction of sp³-hybridized carbons (Fsp3) is 0.409. The average molecular weight is 487 g/mol. The Morgan fingerprint density at radius 3 is 2.79 bits per heavy atom. The maximum absolute atomic E-state index is 13.0. The van der Waals surface area contributed by atoms with Crippen molar-refractivity contribution < 1.29 is 9.59 Å². The Kier molecular flexibility index (Phi) is 7.29. The Morgan fingerprint density at radius 2 is 2.06 bits per heavy atom. The second-order valence-electron chi connectivity index (χ2n) is 7.76. The first kappa shape index (κ1) is 23.2. The van der Waals surface area contributed by atoms with Crippen LogP contribution in [0.15, 0.2) is 40.3 Å². The smallest absolute Gasteiger partial charge is 0.273 e. The van der Waals surface area contributed by atoms with Crippen molar-refractivity contribution in [3.05, 3.63) is 40.9 Å². The third-order valence-electron chi connectivity index (χ3n) is 5.53. The van der Waals surface area contributed by atoms with Crippen molar-refractivity contribution in [2.24, 2.45) is 5.92 Å². The second kappa shape index (κ2) is 10.3. The summed E-state index contributed by atoms with van der Waals surface area (Å²) in [7, 11) is 0. The highest BCUT2D eigenvalue weighted by Crippen LogP contribution is 2.29. The predicted octanol–water partition coefficient (Wildman–Crippen LogP) is 2.57. The lowest BCUT2D eigenvalue weighted by Crippen LogP contribution is -2.40. The van der Waals surface area contributed by atoms with Crippen LogP contribution in [0.4, 0.5) is 10.8 Å². The highest BCUT2D eigenvalue weighted by atomic mass is 32.2. The Morgan fingerprint density at radius 1 is 1.27 bits per heavy atom. The van der Waals surface area contributed by atoms with Crippen molar-refractivity contribution in [3.63, 3.8) is 0 Å². The van der Waals surface area contributed by atoms with Gasteiger partial charge in [-0.3, -0.25) is 19.0 Å². The SMILES string of the molecule is CCNC(=O)C1CCN(c2nc3ncn(CC(=O)Nc4cccc(SC)c4)c(=O)c3s2)CC1. The molecule has 0 aliphatic carbocycles. The highest BCUT2D eigenvalue weighted by Gasteiger charge is 2.26. The summed E-state index contributed by atoms with van der Waals surface area (Å²) in [5, 5.41) is 6.43. The number of benzene rings is 1. The molecule has 0 bridgehead atoms. The number of thioether (sulfide) groups is 1. The van der Waals surface area contributed by atoms with Crippen LogP contribution < -0.4 is 21.1 Å². The molecule has 1 aliphatic rings. The van der Waals surface area contributed by atoms with Crippen molar-refractivity contribution in [2.75, 3.05) is 36.1 Å². The molecule has 2 amide bonds. The summed E-state index contributed by atoms with van der Waals surface area (Å²) in [6.45, 7) is 3.83. The molecule has 0 saturated carbocycles. The van der Waals surface area contributed by atoms with E-state index in [1.165, 1.54) is 22.2 Å². The van der Waals surface area contributed by atoms with E-state index < -0.39 is 0 Å². The normalized spacial score (nSPS) is 14.4. The molecule has 3 aromatic rings. The maximum Gasteiger partial charge on any atom is 0.273 e. The summed E-state index contributed by atoms with van der Waals surface area (Å²) in [6, 6.07) is 7.54. The van der Waals surface area contributed by atoms with E-state index >= 15 is 0 Å². The lowest BCUT2D eigenvalue weighted by Gasteiger charge is -2.30. The number of aromatic nitrogens is 3. The van der Waals surface area contributed by atoms with Gasteiger partial charge < -0.3 is 15.5 Å². The summed E-state index contributed by atoms with van der Waals surface area (Å²) in [4.78, 5) is 49.5. The first-order valence-corrected chi connectivity index (χ1v) is 12.8. The standard InChI is InChI=1S/C22H26N6O3S2/c1-3-23-20(30)14-7-9-27(10-8-14)22-26-19-18(33-22)21(31)28(13-24-19)12-17(29)25-15-5-4-6-16(11-15)32-2/h4-6,11,13-14H,3,7-10,12H2,1-2H3,(H,23,30)(H,25,29). The molecule has 0 unspecified atom stereocenters. The van der Waals surface area contributed by atoms with Crippen molar-refractivity contribution in [3.8, 4) is 0 Å². The molecule has 1 fully saturated rings. The molecule has 33 heavy (non-hydrogen) atoms. The number of nitrogens with one attached hydrogen (secondary N) is 2. The maximum atomic E-state index is 13.0. The van der Waals surface area contributed by atoms with Gasteiger partial charge in [0.1, 0.15) is 17.6 Å². The molecule has 1 aliphatic heterocycles. The number of rotatable bonds is 7. The van der Waals surface area contributed by atoms with E-state index in [4.69, 9.17) is 0 Å². The van der Waals surface area contributed by atoms with E-state index in [-0.39, 0.29) is 29.8 Å². The van der Waals surface area contributed by atoms with E-state index in [0.29, 0.717) is 35.7 Å². The highest BCUT2D eigenvalue weighted by molar-refractivity contribution is 7.98. The molecule has 0 radical (unpaired) electrons. The van der Waals surface area contributed by atoms with Gasteiger partial charge in [-0.1, -0.05) is 17.4 Å². The van der Waals surface area contributed by atoms with Crippen LogP contribution in [0.1, 0.15) is 19.8 Å². The fourth-order valence-electron chi connectivity index (χ4n) is 3.79. The monoisotopic (exact) mass is 486 g/mol. The number of anilines is 2. The van der Waals surface area contributed by atoms with Crippen LogP contribution in [0.2, 0.25) is 0 Å². The topological polar surface area (TPSA) is 109 Å². The van der Waals surface area contributed by atoms with Crippen LogP contribution in [-0.4, -0.2) is 52.2 Å². The average Bonchev–Trinajstić information content (AvgIpc) is 3.26. The van der Waals surface area contributed by atoms with Crippen LogP contribution >= 0.6 is 23.1 Å². The minimum Gasteiger partial charge on any atom is -0.356 e. The quantitative estimate of drug-likeness (QED) is 0.494. The Balaban J connectivity index is 1.44. The van der Waals surface area contributed by atoms with E-state index in [0.717, 1.165) is 22.9 Å². The minimum atomic E-state index is -0.298. The van der Waals surface area contributed by atoms with Crippen LogP contribution in [0.25, 0.3) is 10.3 Å². The molecule has 11 heteroatoms. The van der Waals surface area contributed by atoms with Gasteiger partial charge in [0.2, 0.25) is 11.8 Å². The molecule has 1 aromatic carbocycles. The van der Waals surface area contributed by atoms with Gasteiger partial charge in [0.25, 0.3) is 5.56 Å². The number of hydrogen-bond donors (Lipinski definition) is 2. The number of fused-ring (bicyclic) bond motifs is 1. The van der Waals surface area contributed by atoms with Crippen LogP contribution in [-0.2, 0) is 16.1 Å². The van der Waals surface area contributed by atoms with E-state index in [2.05, 4.69) is 25.5 Å². The Hall–Kier alpha value is -2.92. The number of carbonyl (C=O) groups excluding carboxylic acids is 2. The Labute approximate surface area is 199 Å². The van der Waals surface area contributed by atoms with Gasteiger partial charge in [-0.15, -0.1) is 11.8 Å². The molecule has 2 N–H and O–H groups in total. The molecule has 3 heterocycles. The van der Waals surface area contributed by atoms with Crippen molar-refractivity contribution in [1.29, 1.82) is 0 Å². The van der Waals surface area contributed by atoms with Crippen molar-refractivity contribution >= 4 is 56.1 Å². The molecule has 4 rings (SSSR count). The number of carbonyl (C=O) groups is 2. The number of piperidine rings is 1. The molecule has 9 nitrogen and oxygen atoms in total. The van der Waals surface area contributed by atoms with Crippen LogP contribution in [0.3, 0.4) is 0 Å². The first-order valence-electron chi connectivity index (χ1n) is 10.8. The first-order chi connectivity index (χ1) is 16.0. The molecular formula is C22H26N6O3S2. The lowest BCUT2D eigenvalue weighted by atomic mass is 9.96. The molecule has 2 aromatic heterocycles. The van der Waals surface area contributed by atoms with Gasteiger partial charge in [0.15, 0.2) is 10.8 Å². The summed E-state index contributed by atoms with van der Waals surface area (Å²) in [5.41, 5.74) is 0.786. The molecule has 174 valence electrons. The number of hydrogen-bond acceptors (Lipinski definition) is 8. The third-order valence-corrected chi connectivity index (χ3v) is 7.35. The van der Waals surface area contributed by atoms with Gasteiger partial charge in [0, 0.05) is 36.1 Å². The molecular weight excluding hydrogens is 460 g/mol. The number of nitrogens with zero attached hydrogens (tertiary/aromatic N) is 4. The fourth-order valence-corrected chi connectivity index (χ4v) is 5.27. The number of amides is 2. The second-order valence-corrected chi connectivity index (χ2v) is 9.62. The molecule has 0 spiro atoms. The van der Waals surface area contributed by atoms with Crippen LogP contribution in [0.5, 0.6) is 0 Å². The number of thiazole rings is 1. The minimum absolute atomic E-state index is 0.0149. The summed E-state index contributed by atoms with van der Waals surface area (Å²) >= 11 is 2.87. The van der Waals surface area contributed by atoms with Gasteiger partial charge in [-0.05, 0) is 44.2 Å². The summed E-state index contributed by atoms with van der Waals surface area (Å²) < 4.78 is 1.73. The van der Waals surface area contributed by atoms with Gasteiger partial charge in [-0.2, -0.15) is 4.98 Å². The van der Waals surface area contributed by atoms with E-state index in [1.807, 2.05) is 37.4 Å².